The first kappa shape index (κ1) is 21.4. The highest BCUT2D eigenvalue weighted by molar-refractivity contribution is 9.10. The molecule has 1 aliphatic rings. The predicted molar refractivity (Wildman–Crippen MR) is 118 cm³/mol. The van der Waals surface area contributed by atoms with E-state index < -0.39 is 0 Å². The van der Waals surface area contributed by atoms with Gasteiger partial charge in [-0.3, -0.25) is 4.79 Å². The molecule has 0 N–H and O–H groups in total. The third kappa shape index (κ3) is 5.63. The van der Waals surface area contributed by atoms with Gasteiger partial charge in [0.05, 0.1) is 13.2 Å². The third-order valence-electron chi connectivity index (χ3n) is 4.72. The standard InChI is InChI=1S/C22H28BrN3O3/c1-3-13-28-19-7-5-17(15-20(19)29-14-4-2)22(27)26-11-9-25(10-12-26)21-8-6-18(23)16-24-21/h5-8,15-16H,3-4,9-14H2,1-2H3. The van der Waals surface area contributed by atoms with E-state index in [1.54, 1.807) is 6.20 Å². The Morgan fingerprint density at radius 3 is 2.31 bits per heavy atom. The second kappa shape index (κ2) is 10.5. The van der Waals surface area contributed by atoms with Gasteiger partial charge in [0.1, 0.15) is 5.82 Å². The maximum atomic E-state index is 13.0. The van der Waals surface area contributed by atoms with E-state index in [-0.39, 0.29) is 5.91 Å². The smallest absolute Gasteiger partial charge is 0.254 e. The van der Waals surface area contributed by atoms with Crippen LogP contribution in [0.4, 0.5) is 5.82 Å². The summed E-state index contributed by atoms with van der Waals surface area (Å²) in [5.41, 5.74) is 0.634. The second-order valence-electron chi connectivity index (χ2n) is 6.97. The fourth-order valence-electron chi connectivity index (χ4n) is 3.17. The van der Waals surface area contributed by atoms with Gasteiger partial charge in [0.15, 0.2) is 11.5 Å². The Kier molecular flexibility index (Phi) is 7.75. The summed E-state index contributed by atoms with van der Waals surface area (Å²) in [6.07, 6.45) is 3.62. The molecule has 2 heterocycles. The van der Waals surface area contributed by atoms with E-state index in [1.165, 1.54) is 0 Å². The summed E-state index contributed by atoms with van der Waals surface area (Å²) >= 11 is 3.41. The molecule has 0 radical (unpaired) electrons. The molecule has 1 aliphatic heterocycles. The summed E-state index contributed by atoms with van der Waals surface area (Å²) in [5, 5.41) is 0. The number of benzene rings is 1. The van der Waals surface area contributed by atoms with E-state index in [2.05, 4.69) is 39.7 Å². The van der Waals surface area contributed by atoms with Gasteiger partial charge in [0, 0.05) is 42.4 Å². The summed E-state index contributed by atoms with van der Waals surface area (Å²) in [7, 11) is 0. The summed E-state index contributed by atoms with van der Waals surface area (Å²) < 4.78 is 12.6. The number of carbonyl (C=O) groups is 1. The summed E-state index contributed by atoms with van der Waals surface area (Å²) in [6, 6.07) is 9.46. The topological polar surface area (TPSA) is 54.9 Å². The molecule has 6 nitrogen and oxygen atoms in total. The molecule has 1 amide bonds. The van der Waals surface area contributed by atoms with Gasteiger partial charge in [0.2, 0.25) is 0 Å². The number of ether oxygens (including phenoxy) is 2. The Morgan fingerprint density at radius 1 is 1.00 bits per heavy atom. The van der Waals surface area contributed by atoms with Crippen LogP contribution in [-0.2, 0) is 0 Å². The zero-order valence-electron chi connectivity index (χ0n) is 17.1. The lowest BCUT2D eigenvalue weighted by molar-refractivity contribution is 0.0746. The average Bonchev–Trinajstić information content (AvgIpc) is 2.76. The number of rotatable bonds is 8. The SMILES string of the molecule is CCCOc1ccc(C(=O)N2CCN(c3ccc(Br)cn3)CC2)cc1OCCC. The van der Waals surface area contributed by atoms with Crippen LogP contribution in [0, 0.1) is 0 Å². The molecular weight excluding hydrogens is 434 g/mol. The number of halogens is 1. The number of amides is 1. The Labute approximate surface area is 180 Å². The summed E-state index contributed by atoms with van der Waals surface area (Å²) in [5.74, 6) is 2.30. The number of anilines is 1. The number of hydrogen-bond acceptors (Lipinski definition) is 5. The number of piperazine rings is 1. The van der Waals surface area contributed by atoms with Crippen molar-refractivity contribution in [2.75, 3.05) is 44.3 Å². The van der Waals surface area contributed by atoms with Gasteiger partial charge in [0.25, 0.3) is 5.91 Å². The highest BCUT2D eigenvalue weighted by Gasteiger charge is 2.23. The van der Waals surface area contributed by atoms with Gasteiger partial charge >= 0.3 is 0 Å². The first-order chi connectivity index (χ1) is 14.1. The third-order valence-corrected chi connectivity index (χ3v) is 5.19. The molecule has 0 bridgehead atoms. The van der Waals surface area contributed by atoms with E-state index in [0.29, 0.717) is 43.4 Å². The molecule has 0 atom stereocenters. The van der Waals surface area contributed by atoms with E-state index in [1.807, 2.05) is 35.2 Å². The highest BCUT2D eigenvalue weighted by Crippen LogP contribution is 2.29. The molecule has 0 spiro atoms. The fourth-order valence-corrected chi connectivity index (χ4v) is 3.41. The van der Waals surface area contributed by atoms with Crippen LogP contribution in [0.5, 0.6) is 11.5 Å². The fraction of sp³-hybridized carbons (Fsp3) is 0.455. The van der Waals surface area contributed by atoms with Crippen LogP contribution in [-0.4, -0.2) is 55.2 Å². The molecule has 1 aromatic heterocycles. The highest BCUT2D eigenvalue weighted by atomic mass is 79.9. The Bertz CT molecular complexity index is 805. The minimum atomic E-state index is 0.0248. The molecule has 7 heteroatoms. The van der Waals surface area contributed by atoms with Crippen molar-refractivity contribution in [2.24, 2.45) is 0 Å². The lowest BCUT2D eigenvalue weighted by atomic mass is 10.1. The first-order valence-corrected chi connectivity index (χ1v) is 11.0. The number of hydrogen-bond donors (Lipinski definition) is 0. The molecule has 3 rings (SSSR count). The van der Waals surface area contributed by atoms with Crippen molar-refractivity contribution in [1.82, 2.24) is 9.88 Å². The maximum absolute atomic E-state index is 13.0. The average molecular weight is 462 g/mol. The molecule has 29 heavy (non-hydrogen) atoms. The molecule has 0 unspecified atom stereocenters. The lowest BCUT2D eigenvalue weighted by Crippen LogP contribution is -2.49. The summed E-state index contributed by atoms with van der Waals surface area (Å²) in [4.78, 5) is 21.6. The second-order valence-corrected chi connectivity index (χ2v) is 7.89. The Hall–Kier alpha value is -2.28. The van der Waals surface area contributed by atoms with Crippen LogP contribution < -0.4 is 14.4 Å². The van der Waals surface area contributed by atoms with Crippen molar-refractivity contribution < 1.29 is 14.3 Å². The van der Waals surface area contributed by atoms with Gasteiger partial charge in [-0.2, -0.15) is 0 Å². The van der Waals surface area contributed by atoms with Crippen LogP contribution >= 0.6 is 15.9 Å². The normalized spacial score (nSPS) is 14.0. The quantitative estimate of drug-likeness (QED) is 0.583. The minimum absolute atomic E-state index is 0.0248. The van der Waals surface area contributed by atoms with Gasteiger partial charge < -0.3 is 19.3 Å². The number of pyridine rings is 1. The van der Waals surface area contributed by atoms with Crippen molar-refractivity contribution in [1.29, 1.82) is 0 Å². The molecule has 1 saturated heterocycles. The molecule has 1 fully saturated rings. The molecule has 0 saturated carbocycles. The largest absolute Gasteiger partial charge is 0.490 e. The number of nitrogens with zero attached hydrogens (tertiary/aromatic N) is 3. The Balaban J connectivity index is 1.66. The number of aromatic nitrogens is 1. The van der Waals surface area contributed by atoms with Crippen LogP contribution in [0.2, 0.25) is 0 Å². The zero-order valence-corrected chi connectivity index (χ0v) is 18.7. The van der Waals surface area contributed by atoms with Crippen LogP contribution in [0.15, 0.2) is 41.0 Å². The predicted octanol–water partition coefficient (Wildman–Crippen LogP) is 4.38. The van der Waals surface area contributed by atoms with E-state index in [0.717, 1.165) is 36.2 Å². The van der Waals surface area contributed by atoms with Crippen LogP contribution in [0.1, 0.15) is 37.0 Å². The van der Waals surface area contributed by atoms with Gasteiger partial charge in [-0.25, -0.2) is 4.98 Å². The zero-order chi connectivity index (χ0) is 20.6. The van der Waals surface area contributed by atoms with Crippen LogP contribution in [0.3, 0.4) is 0 Å². The maximum Gasteiger partial charge on any atom is 0.254 e. The van der Waals surface area contributed by atoms with Crippen molar-refractivity contribution in [3.8, 4) is 11.5 Å². The van der Waals surface area contributed by atoms with Crippen LogP contribution in [0.25, 0.3) is 0 Å². The van der Waals surface area contributed by atoms with Gasteiger partial charge in [-0.05, 0) is 59.1 Å². The lowest BCUT2D eigenvalue weighted by Gasteiger charge is -2.35. The molecular formula is C22H28BrN3O3. The first-order valence-electron chi connectivity index (χ1n) is 10.2. The van der Waals surface area contributed by atoms with Crippen molar-refractivity contribution in [3.63, 3.8) is 0 Å². The van der Waals surface area contributed by atoms with E-state index in [9.17, 15) is 4.79 Å². The monoisotopic (exact) mass is 461 g/mol. The number of carbonyl (C=O) groups excluding carboxylic acids is 1. The van der Waals surface area contributed by atoms with Gasteiger partial charge in [-0.15, -0.1) is 0 Å². The molecule has 1 aromatic carbocycles. The van der Waals surface area contributed by atoms with E-state index >= 15 is 0 Å². The molecule has 0 aliphatic carbocycles. The van der Waals surface area contributed by atoms with Crippen molar-refractivity contribution >= 4 is 27.7 Å². The minimum Gasteiger partial charge on any atom is -0.490 e. The van der Waals surface area contributed by atoms with Crippen molar-refractivity contribution in [3.05, 3.63) is 46.6 Å². The molecule has 2 aromatic rings. The Morgan fingerprint density at radius 2 is 1.69 bits per heavy atom. The van der Waals surface area contributed by atoms with E-state index in [4.69, 9.17) is 9.47 Å². The van der Waals surface area contributed by atoms with Gasteiger partial charge in [-0.1, -0.05) is 13.8 Å². The molecule has 156 valence electrons. The summed E-state index contributed by atoms with van der Waals surface area (Å²) in [6.45, 7) is 8.19. The van der Waals surface area contributed by atoms with Crippen molar-refractivity contribution in [2.45, 2.75) is 26.7 Å².